The highest BCUT2D eigenvalue weighted by Gasteiger charge is 2.31. The summed E-state index contributed by atoms with van der Waals surface area (Å²) < 4.78 is 0. The number of amides is 1. The Balaban J connectivity index is 1.86. The minimum atomic E-state index is -0.0284. The Morgan fingerprint density at radius 3 is 2.65 bits per heavy atom. The number of amidine groups is 1. The number of piperazine rings is 1. The molecule has 2 fully saturated rings. The van der Waals surface area contributed by atoms with E-state index < -0.39 is 0 Å². The molecule has 2 aliphatic rings. The summed E-state index contributed by atoms with van der Waals surface area (Å²) in [4.78, 5) is 16.5. The van der Waals surface area contributed by atoms with E-state index in [-0.39, 0.29) is 17.8 Å². The van der Waals surface area contributed by atoms with Crippen LogP contribution in [0, 0.1) is 5.92 Å². The molecule has 0 saturated carbocycles. The predicted molar refractivity (Wildman–Crippen MR) is 81.1 cm³/mol. The van der Waals surface area contributed by atoms with Crippen molar-refractivity contribution in [1.82, 2.24) is 9.80 Å². The largest absolute Gasteiger partial charge is 0.409 e. The number of carbonyl (C=O) groups excluding carboxylic acids is 1. The lowest BCUT2D eigenvalue weighted by Crippen LogP contribution is -2.55. The standard InChI is InChI=1S/C13H24N4O2S/c1-2-11(12(14)15-19)16-4-6-17(7-5-16)13(18)10-3-8-20-9-10/h10-11,19H,2-9H2,1H3,(H2,14,15). The molecule has 0 aromatic carbocycles. The maximum Gasteiger partial charge on any atom is 0.226 e. The van der Waals surface area contributed by atoms with Crippen molar-refractivity contribution in [2.45, 2.75) is 25.8 Å². The summed E-state index contributed by atoms with van der Waals surface area (Å²) in [5.41, 5.74) is 5.73. The molecule has 0 bridgehead atoms. The van der Waals surface area contributed by atoms with Crippen LogP contribution in [0.1, 0.15) is 19.8 Å². The fourth-order valence-corrected chi connectivity index (χ4v) is 4.17. The van der Waals surface area contributed by atoms with Gasteiger partial charge in [0.2, 0.25) is 5.91 Å². The van der Waals surface area contributed by atoms with Crippen LogP contribution in [-0.4, -0.2) is 70.5 Å². The molecule has 2 atom stereocenters. The highest BCUT2D eigenvalue weighted by Crippen LogP contribution is 2.25. The molecule has 2 aliphatic heterocycles. The summed E-state index contributed by atoms with van der Waals surface area (Å²) in [7, 11) is 0. The van der Waals surface area contributed by atoms with Gasteiger partial charge in [-0.3, -0.25) is 9.69 Å². The van der Waals surface area contributed by atoms with Crippen molar-refractivity contribution in [2.24, 2.45) is 16.8 Å². The van der Waals surface area contributed by atoms with Gasteiger partial charge in [-0.15, -0.1) is 0 Å². The summed E-state index contributed by atoms with van der Waals surface area (Å²) in [6, 6.07) is -0.0284. The molecule has 1 amide bonds. The Kier molecular flexibility index (Phi) is 5.54. The quantitative estimate of drug-likeness (QED) is 0.340. The van der Waals surface area contributed by atoms with E-state index in [1.165, 1.54) is 0 Å². The van der Waals surface area contributed by atoms with Crippen LogP contribution in [0.25, 0.3) is 0 Å². The van der Waals surface area contributed by atoms with E-state index in [9.17, 15) is 4.79 Å². The number of nitrogens with two attached hydrogens (primary N) is 1. The van der Waals surface area contributed by atoms with Crippen LogP contribution in [0.15, 0.2) is 5.16 Å². The maximum absolute atomic E-state index is 12.3. The monoisotopic (exact) mass is 300 g/mol. The highest BCUT2D eigenvalue weighted by atomic mass is 32.2. The normalized spacial score (nSPS) is 26.8. The third-order valence-corrected chi connectivity index (χ3v) is 5.35. The van der Waals surface area contributed by atoms with Gasteiger partial charge in [0.05, 0.1) is 6.04 Å². The number of hydrogen-bond donors (Lipinski definition) is 2. The molecule has 114 valence electrons. The zero-order valence-electron chi connectivity index (χ0n) is 12.0. The lowest BCUT2D eigenvalue weighted by atomic mass is 10.1. The van der Waals surface area contributed by atoms with E-state index in [1.54, 1.807) is 0 Å². The maximum atomic E-state index is 12.3. The first-order chi connectivity index (χ1) is 9.67. The van der Waals surface area contributed by atoms with Crippen molar-refractivity contribution in [3.8, 4) is 0 Å². The van der Waals surface area contributed by atoms with Crippen LogP contribution >= 0.6 is 11.8 Å². The van der Waals surface area contributed by atoms with Crippen molar-refractivity contribution >= 4 is 23.5 Å². The molecule has 20 heavy (non-hydrogen) atoms. The smallest absolute Gasteiger partial charge is 0.226 e. The lowest BCUT2D eigenvalue weighted by molar-refractivity contribution is -0.136. The van der Waals surface area contributed by atoms with Crippen molar-refractivity contribution in [3.05, 3.63) is 0 Å². The first-order valence-corrected chi connectivity index (χ1v) is 8.40. The van der Waals surface area contributed by atoms with Crippen molar-refractivity contribution in [2.75, 3.05) is 37.7 Å². The van der Waals surface area contributed by atoms with E-state index in [0.29, 0.717) is 5.91 Å². The Morgan fingerprint density at radius 2 is 2.15 bits per heavy atom. The highest BCUT2D eigenvalue weighted by molar-refractivity contribution is 7.99. The first kappa shape index (κ1) is 15.4. The second-order valence-corrected chi connectivity index (χ2v) is 6.52. The van der Waals surface area contributed by atoms with Gasteiger partial charge in [-0.25, -0.2) is 0 Å². The summed E-state index contributed by atoms with van der Waals surface area (Å²) in [6.45, 7) is 5.10. The zero-order valence-corrected chi connectivity index (χ0v) is 12.8. The second-order valence-electron chi connectivity index (χ2n) is 5.37. The van der Waals surface area contributed by atoms with E-state index in [0.717, 1.165) is 50.5 Å². The number of oxime groups is 1. The van der Waals surface area contributed by atoms with Gasteiger partial charge in [0.15, 0.2) is 5.84 Å². The molecule has 2 saturated heterocycles. The minimum absolute atomic E-state index is 0.0284. The van der Waals surface area contributed by atoms with Crippen molar-refractivity contribution in [3.63, 3.8) is 0 Å². The topological polar surface area (TPSA) is 82.2 Å². The average molecular weight is 300 g/mol. The Morgan fingerprint density at radius 1 is 1.45 bits per heavy atom. The predicted octanol–water partition coefficient (Wildman–Crippen LogP) is 0.409. The van der Waals surface area contributed by atoms with Gasteiger partial charge in [-0.05, 0) is 18.6 Å². The molecule has 2 rings (SSSR count). The third kappa shape index (κ3) is 3.38. The number of hydrogen-bond acceptors (Lipinski definition) is 5. The SMILES string of the molecule is CCC(C(N)=NO)N1CCN(C(=O)C2CCSC2)CC1. The van der Waals surface area contributed by atoms with Gasteiger partial charge < -0.3 is 15.8 Å². The van der Waals surface area contributed by atoms with E-state index >= 15 is 0 Å². The lowest BCUT2D eigenvalue weighted by Gasteiger charge is -2.39. The Bertz CT molecular complexity index is 363. The molecule has 7 heteroatoms. The van der Waals surface area contributed by atoms with Gasteiger partial charge in [-0.1, -0.05) is 12.1 Å². The third-order valence-electron chi connectivity index (χ3n) is 4.19. The van der Waals surface area contributed by atoms with Crippen LogP contribution in [0.4, 0.5) is 0 Å². The van der Waals surface area contributed by atoms with Gasteiger partial charge in [0, 0.05) is 37.8 Å². The molecular weight excluding hydrogens is 276 g/mol. The summed E-state index contributed by atoms with van der Waals surface area (Å²) in [6.07, 6.45) is 1.83. The molecule has 0 radical (unpaired) electrons. The van der Waals surface area contributed by atoms with Crippen LogP contribution < -0.4 is 5.73 Å². The summed E-state index contributed by atoms with van der Waals surface area (Å²) >= 11 is 1.87. The first-order valence-electron chi connectivity index (χ1n) is 7.25. The van der Waals surface area contributed by atoms with Gasteiger partial charge >= 0.3 is 0 Å². The van der Waals surface area contributed by atoms with Gasteiger partial charge in [0.1, 0.15) is 0 Å². The number of rotatable bonds is 4. The molecular formula is C13H24N4O2S. The summed E-state index contributed by atoms with van der Waals surface area (Å²) in [5.74, 6) is 2.88. The van der Waals surface area contributed by atoms with Crippen LogP contribution in [0.5, 0.6) is 0 Å². The molecule has 3 N–H and O–H groups in total. The average Bonchev–Trinajstić information content (AvgIpc) is 3.02. The number of nitrogens with zero attached hydrogens (tertiary/aromatic N) is 3. The fourth-order valence-electron chi connectivity index (χ4n) is 2.96. The van der Waals surface area contributed by atoms with Gasteiger partial charge in [-0.2, -0.15) is 11.8 Å². The molecule has 6 nitrogen and oxygen atoms in total. The van der Waals surface area contributed by atoms with E-state index in [1.807, 2.05) is 23.6 Å². The Hall–Kier alpha value is -0.950. The molecule has 2 unspecified atom stereocenters. The fraction of sp³-hybridized carbons (Fsp3) is 0.846. The summed E-state index contributed by atoms with van der Waals surface area (Å²) in [5, 5.41) is 11.9. The Labute approximate surface area is 124 Å². The molecule has 0 spiro atoms. The number of thioether (sulfide) groups is 1. The minimum Gasteiger partial charge on any atom is -0.409 e. The van der Waals surface area contributed by atoms with Gasteiger partial charge in [0.25, 0.3) is 0 Å². The van der Waals surface area contributed by atoms with Crippen molar-refractivity contribution in [1.29, 1.82) is 0 Å². The van der Waals surface area contributed by atoms with Crippen LogP contribution in [-0.2, 0) is 4.79 Å². The molecule has 0 aliphatic carbocycles. The molecule has 0 aromatic rings. The molecule has 2 heterocycles. The van der Waals surface area contributed by atoms with E-state index in [4.69, 9.17) is 10.9 Å². The van der Waals surface area contributed by atoms with Crippen LogP contribution in [0.3, 0.4) is 0 Å². The zero-order chi connectivity index (χ0) is 14.5. The van der Waals surface area contributed by atoms with Crippen molar-refractivity contribution < 1.29 is 10.0 Å². The second kappa shape index (κ2) is 7.17. The van der Waals surface area contributed by atoms with E-state index in [2.05, 4.69) is 10.1 Å². The molecule has 0 aromatic heterocycles. The number of carbonyl (C=O) groups is 1. The van der Waals surface area contributed by atoms with Crippen LogP contribution in [0.2, 0.25) is 0 Å².